The number of halogens is 2. The number of aryl methyl sites for hydroxylation is 2. The van der Waals surface area contributed by atoms with Crippen molar-refractivity contribution >= 4 is 47.6 Å². The molecule has 0 saturated carbocycles. The fourth-order valence-corrected chi connectivity index (χ4v) is 4.37. The molecular formula is C13H12Br2N2O2S. The third-order valence-electron chi connectivity index (χ3n) is 2.63. The van der Waals surface area contributed by atoms with Crippen molar-refractivity contribution in [3.63, 3.8) is 0 Å². The monoisotopic (exact) mass is 418 g/mol. The quantitative estimate of drug-likeness (QED) is 0.816. The topological polar surface area (TPSA) is 59.1 Å². The predicted octanol–water partition coefficient (Wildman–Crippen LogP) is 4.02. The third kappa shape index (κ3) is 3.39. The van der Waals surface area contributed by atoms with E-state index in [0.29, 0.717) is 10.2 Å². The van der Waals surface area contributed by atoms with Gasteiger partial charge < -0.3 is 0 Å². The van der Waals surface area contributed by atoms with Crippen LogP contribution in [0, 0.1) is 13.8 Å². The summed E-state index contributed by atoms with van der Waals surface area (Å²) in [6.45, 7) is 3.74. The molecule has 0 saturated heterocycles. The van der Waals surface area contributed by atoms with Gasteiger partial charge in [0, 0.05) is 15.1 Å². The number of anilines is 1. The smallest absolute Gasteiger partial charge is 0.263 e. The van der Waals surface area contributed by atoms with Crippen molar-refractivity contribution in [2.45, 2.75) is 18.7 Å². The van der Waals surface area contributed by atoms with Crippen LogP contribution in [0.25, 0.3) is 0 Å². The van der Waals surface area contributed by atoms with Crippen molar-refractivity contribution in [1.82, 2.24) is 4.98 Å². The van der Waals surface area contributed by atoms with Crippen molar-refractivity contribution in [2.75, 3.05) is 4.72 Å². The Morgan fingerprint density at radius 1 is 1.05 bits per heavy atom. The fraction of sp³-hybridized carbons (Fsp3) is 0.154. The largest absolute Gasteiger partial charge is 0.278 e. The van der Waals surface area contributed by atoms with Gasteiger partial charge in [0.15, 0.2) is 0 Å². The highest BCUT2D eigenvalue weighted by atomic mass is 79.9. The van der Waals surface area contributed by atoms with Gasteiger partial charge in [-0.1, -0.05) is 15.9 Å². The van der Waals surface area contributed by atoms with Crippen molar-refractivity contribution in [1.29, 1.82) is 0 Å². The van der Waals surface area contributed by atoms with Crippen LogP contribution in [0.2, 0.25) is 0 Å². The summed E-state index contributed by atoms with van der Waals surface area (Å²) in [4.78, 5) is 4.15. The lowest BCUT2D eigenvalue weighted by atomic mass is 10.2. The van der Waals surface area contributed by atoms with Crippen molar-refractivity contribution in [2.24, 2.45) is 0 Å². The minimum Gasteiger partial charge on any atom is -0.278 e. The van der Waals surface area contributed by atoms with Gasteiger partial charge in [-0.2, -0.15) is 0 Å². The second-order valence-corrected chi connectivity index (χ2v) is 7.75. The zero-order chi connectivity index (χ0) is 14.9. The van der Waals surface area contributed by atoms with Crippen LogP contribution in [0.3, 0.4) is 0 Å². The summed E-state index contributed by atoms with van der Waals surface area (Å²) < 4.78 is 28.6. The Labute approximate surface area is 134 Å². The molecule has 1 heterocycles. The Kier molecular flexibility index (Phi) is 4.51. The summed E-state index contributed by atoms with van der Waals surface area (Å²) in [5.74, 6) is 0. The van der Waals surface area contributed by atoms with E-state index in [1.165, 1.54) is 6.20 Å². The molecule has 0 fully saturated rings. The number of hydrogen-bond acceptors (Lipinski definition) is 3. The SMILES string of the molecule is Cc1cncc(NS(=O)(=O)c2cc(Br)c(C)cc2Br)c1. The van der Waals surface area contributed by atoms with Gasteiger partial charge in [-0.15, -0.1) is 0 Å². The van der Waals surface area contributed by atoms with Crippen molar-refractivity contribution in [3.8, 4) is 0 Å². The normalized spacial score (nSPS) is 11.4. The molecule has 0 aliphatic carbocycles. The highest BCUT2D eigenvalue weighted by Crippen LogP contribution is 2.30. The second kappa shape index (κ2) is 5.83. The average Bonchev–Trinajstić information content (AvgIpc) is 2.33. The van der Waals surface area contributed by atoms with Gasteiger partial charge in [-0.05, 0) is 59.1 Å². The molecule has 0 amide bonds. The van der Waals surface area contributed by atoms with E-state index in [0.717, 1.165) is 15.6 Å². The van der Waals surface area contributed by atoms with Crippen molar-refractivity contribution in [3.05, 3.63) is 50.7 Å². The van der Waals surface area contributed by atoms with E-state index in [1.807, 2.05) is 13.8 Å². The molecule has 0 bridgehead atoms. The number of sulfonamides is 1. The maximum Gasteiger partial charge on any atom is 0.263 e. The van der Waals surface area contributed by atoms with Gasteiger partial charge in [0.05, 0.1) is 11.9 Å². The molecular weight excluding hydrogens is 408 g/mol. The van der Waals surface area contributed by atoms with Crippen LogP contribution in [0.4, 0.5) is 5.69 Å². The molecule has 0 aliphatic heterocycles. The van der Waals surface area contributed by atoms with Gasteiger partial charge in [-0.3, -0.25) is 9.71 Å². The Morgan fingerprint density at radius 3 is 2.40 bits per heavy atom. The van der Waals surface area contributed by atoms with Gasteiger partial charge in [0.25, 0.3) is 10.0 Å². The van der Waals surface area contributed by atoms with Crippen molar-refractivity contribution < 1.29 is 8.42 Å². The molecule has 20 heavy (non-hydrogen) atoms. The number of nitrogens with one attached hydrogen (secondary N) is 1. The maximum absolute atomic E-state index is 12.4. The van der Waals surface area contributed by atoms with Crippen LogP contribution in [0.5, 0.6) is 0 Å². The van der Waals surface area contributed by atoms with Gasteiger partial charge >= 0.3 is 0 Å². The molecule has 7 heteroatoms. The molecule has 1 N–H and O–H groups in total. The van der Waals surface area contributed by atoms with Crippen LogP contribution in [-0.4, -0.2) is 13.4 Å². The number of aromatic nitrogens is 1. The number of rotatable bonds is 3. The summed E-state index contributed by atoms with van der Waals surface area (Å²) in [6.07, 6.45) is 3.14. The summed E-state index contributed by atoms with van der Waals surface area (Å²) in [6, 6.07) is 5.06. The average molecular weight is 420 g/mol. The lowest BCUT2D eigenvalue weighted by Gasteiger charge is -2.11. The molecule has 2 rings (SSSR count). The first-order valence-corrected chi connectivity index (χ1v) is 8.76. The highest BCUT2D eigenvalue weighted by molar-refractivity contribution is 9.11. The zero-order valence-electron chi connectivity index (χ0n) is 10.8. The molecule has 106 valence electrons. The van der Waals surface area contributed by atoms with Crippen LogP contribution >= 0.6 is 31.9 Å². The molecule has 2 aromatic rings. The summed E-state index contributed by atoms with van der Waals surface area (Å²) in [5, 5.41) is 0. The Hall–Kier alpha value is -0.920. The Morgan fingerprint density at radius 2 is 1.75 bits per heavy atom. The minimum absolute atomic E-state index is 0.177. The third-order valence-corrected chi connectivity index (χ3v) is 5.82. The second-order valence-electron chi connectivity index (χ2n) is 4.39. The zero-order valence-corrected chi connectivity index (χ0v) is 14.8. The number of hydrogen-bond donors (Lipinski definition) is 1. The molecule has 0 atom stereocenters. The maximum atomic E-state index is 12.4. The first kappa shape index (κ1) is 15.5. The highest BCUT2D eigenvalue weighted by Gasteiger charge is 2.19. The summed E-state index contributed by atoms with van der Waals surface area (Å²) >= 11 is 6.63. The first-order chi connectivity index (χ1) is 9.29. The molecule has 0 unspecified atom stereocenters. The van der Waals surface area contributed by atoms with Crippen LogP contribution < -0.4 is 4.72 Å². The molecule has 0 spiro atoms. The molecule has 1 aromatic carbocycles. The van der Waals surface area contributed by atoms with E-state index in [-0.39, 0.29) is 4.90 Å². The lowest BCUT2D eigenvalue weighted by molar-refractivity contribution is 0.600. The van der Waals surface area contributed by atoms with Gasteiger partial charge in [-0.25, -0.2) is 8.42 Å². The number of benzene rings is 1. The van der Waals surface area contributed by atoms with E-state index in [1.54, 1.807) is 24.4 Å². The number of pyridine rings is 1. The van der Waals surface area contributed by atoms with Gasteiger partial charge in [0.1, 0.15) is 4.90 Å². The molecule has 0 radical (unpaired) electrons. The van der Waals surface area contributed by atoms with E-state index >= 15 is 0 Å². The fourth-order valence-electron chi connectivity index (χ4n) is 1.65. The van der Waals surface area contributed by atoms with E-state index in [9.17, 15) is 8.42 Å². The standard InChI is InChI=1S/C13H12Br2N2O2S/c1-8-3-10(7-16-6-8)17-20(18,19)13-5-11(14)9(2)4-12(13)15/h3-7,17H,1-2H3. The minimum atomic E-state index is -3.67. The predicted molar refractivity (Wildman–Crippen MR) is 86.4 cm³/mol. The first-order valence-electron chi connectivity index (χ1n) is 5.70. The summed E-state index contributed by atoms with van der Waals surface area (Å²) in [7, 11) is -3.67. The molecule has 0 aliphatic rings. The summed E-state index contributed by atoms with van der Waals surface area (Å²) in [5.41, 5.74) is 2.27. The Bertz CT molecular complexity index is 761. The van der Waals surface area contributed by atoms with Gasteiger partial charge in [0.2, 0.25) is 0 Å². The van der Waals surface area contributed by atoms with E-state index in [2.05, 4.69) is 41.6 Å². The van der Waals surface area contributed by atoms with E-state index < -0.39 is 10.0 Å². The van der Waals surface area contributed by atoms with Crippen LogP contribution in [-0.2, 0) is 10.0 Å². The van der Waals surface area contributed by atoms with Crippen LogP contribution in [0.1, 0.15) is 11.1 Å². The van der Waals surface area contributed by atoms with Crippen LogP contribution in [0.15, 0.2) is 44.4 Å². The number of nitrogens with zero attached hydrogens (tertiary/aromatic N) is 1. The molecule has 1 aromatic heterocycles. The lowest BCUT2D eigenvalue weighted by Crippen LogP contribution is -2.14. The van der Waals surface area contributed by atoms with E-state index in [4.69, 9.17) is 0 Å². The Balaban J connectivity index is 2.43. The molecule has 4 nitrogen and oxygen atoms in total.